The SMILES string of the molecule is CN(CCC(N)=S)Cc1cccc(F)c1Br. The summed E-state index contributed by atoms with van der Waals surface area (Å²) >= 11 is 8.04. The third kappa shape index (κ3) is 4.15. The molecule has 0 atom stereocenters. The Kier molecular flexibility index (Phi) is 5.31. The van der Waals surface area contributed by atoms with Gasteiger partial charge in [0.25, 0.3) is 0 Å². The molecule has 0 amide bonds. The van der Waals surface area contributed by atoms with Crippen LogP contribution in [0.5, 0.6) is 0 Å². The number of rotatable bonds is 5. The van der Waals surface area contributed by atoms with Gasteiger partial charge in [0, 0.05) is 19.5 Å². The van der Waals surface area contributed by atoms with E-state index in [9.17, 15) is 4.39 Å². The van der Waals surface area contributed by atoms with Gasteiger partial charge in [-0.25, -0.2) is 4.39 Å². The first-order valence-corrected chi connectivity index (χ1v) is 6.10. The Morgan fingerprint density at radius 1 is 1.56 bits per heavy atom. The normalized spacial score (nSPS) is 10.8. The fourth-order valence-corrected chi connectivity index (χ4v) is 1.82. The first kappa shape index (κ1) is 13.5. The number of halogens is 2. The van der Waals surface area contributed by atoms with Gasteiger partial charge >= 0.3 is 0 Å². The van der Waals surface area contributed by atoms with E-state index in [1.54, 1.807) is 6.07 Å². The van der Waals surface area contributed by atoms with Crippen LogP contribution >= 0.6 is 28.1 Å². The molecule has 0 unspecified atom stereocenters. The van der Waals surface area contributed by atoms with E-state index in [-0.39, 0.29) is 5.82 Å². The summed E-state index contributed by atoms with van der Waals surface area (Å²) in [6.07, 6.45) is 0.679. The molecule has 1 aromatic carbocycles. The average molecular weight is 305 g/mol. The summed E-state index contributed by atoms with van der Waals surface area (Å²) in [5, 5.41) is 0. The summed E-state index contributed by atoms with van der Waals surface area (Å²) in [5.74, 6) is -0.236. The van der Waals surface area contributed by atoms with Crippen molar-refractivity contribution in [2.24, 2.45) is 5.73 Å². The van der Waals surface area contributed by atoms with Crippen molar-refractivity contribution in [3.63, 3.8) is 0 Å². The topological polar surface area (TPSA) is 29.3 Å². The summed E-state index contributed by atoms with van der Waals surface area (Å²) in [7, 11) is 1.95. The standard InChI is InChI=1S/C11H14BrFN2S/c1-15(6-5-10(14)16)7-8-3-2-4-9(13)11(8)12/h2-4H,5-7H2,1H3,(H2,14,16). The van der Waals surface area contributed by atoms with E-state index < -0.39 is 0 Å². The fourth-order valence-electron chi connectivity index (χ4n) is 1.34. The molecule has 0 aliphatic carbocycles. The molecule has 88 valence electrons. The Morgan fingerprint density at radius 2 is 2.25 bits per heavy atom. The predicted molar refractivity (Wildman–Crippen MR) is 71.8 cm³/mol. The molecule has 0 bridgehead atoms. The fraction of sp³-hybridized carbons (Fsp3) is 0.364. The molecule has 1 aromatic rings. The van der Waals surface area contributed by atoms with Crippen LogP contribution in [0.1, 0.15) is 12.0 Å². The minimum atomic E-state index is -0.236. The summed E-state index contributed by atoms with van der Waals surface area (Å²) in [6, 6.07) is 5.03. The minimum absolute atomic E-state index is 0.236. The zero-order valence-corrected chi connectivity index (χ0v) is 11.4. The highest BCUT2D eigenvalue weighted by atomic mass is 79.9. The van der Waals surface area contributed by atoms with Crippen LogP contribution in [0.2, 0.25) is 0 Å². The van der Waals surface area contributed by atoms with Gasteiger partial charge in [-0.15, -0.1) is 0 Å². The van der Waals surface area contributed by atoms with Crippen molar-refractivity contribution in [1.82, 2.24) is 4.90 Å². The smallest absolute Gasteiger partial charge is 0.137 e. The maximum absolute atomic E-state index is 13.2. The molecule has 0 spiro atoms. The largest absolute Gasteiger partial charge is 0.393 e. The van der Waals surface area contributed by atoms with E-state index in [0.29, 0.717) is 22.4 Å². The maximum Gasteiger partial charge on any atom is 0.137 e. The Bertz CT molecular complexity index is 384. The number of hydrogen-bond acceptors (Lipinski definition) is 2. The van der Waals surface area contributed by atoms with E-state index in [1.807, 2.05) is 13.1 Å². The van der Waals surface area contributed by atoms with E-state index in [1.165, 1.54) is 6.07 Å². The lowest BCUT2D eigenvalue weighted by atomic mass is 10.2. The first-order valence-electron chi connectivity index (χ1n) is 4.90. The molecule has 2 N–H and O–H groups in total. The summed E-state index contributed by atoms with van der Waals surface area (Å²) in [5.41, 5.74) is 6.35. The molecule has 16 heavy (non-hydrogen) atoms. The highest BCUT2D eigenvalue weighted by molar-refractivity contribution is 9.10. The van der Waals surface area contributed by atoms with Gasteiger partial charge in [-0.05, 0) is 34.6 Å². The van der Waals surface area contributed by atoms with Crippen LogP contribution in [0, 0.1) is 5.82 Å². The molecule has 5 heteroatoms. The van der Waals surface area contributed by atoms with Crippen molar-refractivity contribution in [3.8, 4) is 0 Å². The molecular weight excluding hydrogens is 291 g/mol. The molecule has 1 rings (SSSR count). The molecule has 0 fully saturated rings. The van der Waals surface area contributed by atoms with Crippen molar-refractivity contribution in [2.45, 2.75) is 13.0 Å². The van der Waals surface area contributed by atoms with Gasteiger partial charge in [0.15, 0.2) is 0 Å². The van der Waals surface area contributed by atoms with E-state index >= 15 is 0 Å². The van der Waals surface area contributed by atoms with Crippen LogP contribution in [0.3, 0.4) is 0 Å². The molecule has 2 nitrogen and oxygen atoms in total. The van der Waals surface area contributed by atoms with Crippen molar-refractivity contribution in [1.29, 1.82) is 0 Å². The number of nitrogens with two attached hydrogens (primary N) is 1. The van der Waals surface area contributed by atoms with Gasteiger partial charge in [0.1, 0.15) is 5.82 Å². The quantitative estimate of drug-likeness (QED) is 0.848. The first-order chi connectivity index (χ1) is 7.50. The summed E-state index contributed by atoms with van der Waals surface area (Å²) < 4.78 is 13.8. The average Bonchev–Trinajstić information content (AvgIpc) is 2.22. The monoisotopic (exact) mass is 304 g/mol. The van der Waals surface area contributed by atoms with Crippen LogP contribution in [-0.4, -0.2) is 23.5 Å². The lowest BCUT2D eigenvalue weighted by Gasteiger charge is -2.17. The second-order valence-corrected chi connectivity index (χ2v) is 4.98. The number of thiocarbonyl (C=S) groups is 1. The van der Waals surface area contributed by atoms with Crippen LogP contribution in [0.25, 0.3) is 0 Å². The van der Waals surface area contributed by atoms with Crippen LogP contribution in [0.4, 0.5) is 4.39 Å². The molecular formula is C11H14BrFN2S. The second-order valence-electron chi connectivity index (χ2n) is 3.67. The van der Waals surface area contributed by atoms with E-state index in [2.05, 4.69) is 20.8 Å². The molecule has 0 radical (unpaired) electrons. The molecule has 0 aliphatic rings. The third-order valence-corrected chi connectivity index (χ3v) is 3.30. The molecule has 0 heterocycles. The van der Waals surface area contributed by atoms with E-state index in [4.69, 9.17) is 18.0 Å². The maximum atomic E-state index is 13.2. The lowest BCUT2D eigenvalue weighted by Crippen LogP contribution is -2.23. The zero-order chi connectivity index (χ0) is 12.1. The minimum Gasteiger partial charge on any atom is -0.393 e. The van der Waals surface area contributed by atoms with Gasteiger partial charge < -0.3 is 10.6 Å². The highest BCUT2D eigenvalue weighted by Gasteiger charge is 2.07. The van der Waals surface area contributed by atoms with Crippen molar-refractivity contribution < 1.29 is 4.39 Å². The Labute approximate surface area is 109 Å². The predicted octanol–water partition coefficient (Wildman–Crippen LogP) is 2.70. The summed E-state index contributed by atoms with van der Waals surface area (Å²) in [6.45, 7) is 1.44. The van der Waals surface area contributed by atoms with E-state index in [0.717, 1.165) is 12.1 Å². The molecule has 0 saturated carbocycles. The highest BCUT2D eigenvalue weighted by Crippen LogP contribution is 2.21. The molecule has 0 aromatic heterocycles. The van der Waals surface area contributed by atoms with Crippen LogP contribution in [-0.2, 0) is 6.54 Å². The third-order valence-electron chi connectivity index (χ3n) is 2.21. The Balaban J connectivity index is 2.59. The Morgan fingerprint density at radius 3 is 2.88 bits per heavy atom. The van der Waals surface area contributed by atoms with Crippen LogP contribution in [0.15, 0.2) is 22.7 Å². The van der Waals surface area contributed by atoms with Crippen molar-refractivity contribution in [3.05, 3.63) is 34.1 Å². The van der Waals surface area contributed by atoms with Crippen molar-refractivity contribution >= 4 is 33.1 Å². The summed E-state index contributed by atoms with van der Waals surface area (Å²) in [4.78, 5) is 2.56. The molecule has 0 saturated heterocycles. The molecule has 0 aliphatic heterocycles. The van der Waals surface area contributed by atoms with Gasteiger partial charge in [0.2, 0.25) is 0 Å². The van der Waals surface area contributed by atoms with Gasteiger partial charge in [-0.1, -0.05) is 24.4 Å². The van der Waals surface area contributed by atoms with Gasteiger partial charge in [0.05, 0.1) is 9.46 Å². The second kappa shape index (κ2) is 6.27. The van der Waals surface area contributed by atoms with Crippen molar-refractivity contribution in [2.75, 3.05) is 13.6 Å². The number of hydrogen-bond donors (Lipinski definition) is 1. The van der Waals surface area contributed by atoms with Crippen LogP contribution < -0.4 is 5.73 Å². The lowest BCUT2D eigenvalue weighted by molar-refractivity contribution is 0.336. The van der Waals surface area contributed by atoms with Gasteiger partial charge in [-0.3, -0.25) is 0 Å². The van der Waals surface area contributed by atoms with Gasteiger partial charge in [-0.2, -0.15) is 0 Å². The number of benzene rings is 1. The number of nitrogens with zero attached hydrogens (tertiary/aromatic N) is 1. The zero-order valence-electron chi connectivity index (χ0n) is 9.04. The Hall–Kier alpha value is -0.520.